The lowest BCUT2D eigenvalue weighted by atomic mass is 10.0. The Morgan fingerprint density at radius 2 is 1.97 bits per heavy atom. The predicted octanol–water partition coefficient (Wildman–Crippen LogP) is 4.25. The molecule has 166 valence electrons. The van der Waals surface area contributed by atoms with Crippen molar-refractivity contribution in [1.82, 2.24) is 24.4 Å². The van der Waals surface area contributed by atoms with Crippen molar-refractivity contribution in [3.8, 4) is 5.88 Å². The molecule has 0 saturated carbocycles. The SMILES string of the molecule is Cc1nc2sc([C@H](c3ccc(Cl)c(Cl)c3)N3CCN(C(=O)c4ccco4)CC3)c(O)n2n1. The van der Waals surface area contributed by atoms with Crippen LogP contribution in [0, 0.1) is 6.92 Å². The first kappa shape index (κ1) is 21.3. The molecule has 1 aliphatic rings. The average Bonchev–Trinajstić information content (AvgIpc) is 3.50. The highest BCUT2D eigenvalue weighted by Gasteiger charge is 2.33. The first-order valence-corrected chi connectivity index (χ1v) is 11.6. The molecule has 11 heteroatoms. The van der Waals surface area contributed by atoms with E-state index in [1.807, 2.05) is 12.1 Å². The van der Waals surface area contributed by atoms with Gasteiger partial charge in [-0.2, -0.15) is 4.52 Å². The highest BCUT2D eigenvalue weighted by Crippen LogP contribution is 2.41. The number of aromatic hydroxyl groups is 1. The Bertz CT molecular complexity index is 1280. The van der Waals surface area contributed by atoms with Crippen LogP contribution in [0.25, 0.3) is 4.96 Å². The minimum atomic E-state index is -0.292. The van der Waals surface area contributed by atoms with Crippen molar-refractivity contribution in [1.29, 1.82) is 0 Å². The van der Waals surface area contributed by atoms with Crippen LogP contribution in [0.15, 0.2) is 41.0 Å². The first-order chi connectivity index (χ1) is 15.4. The summed E-state index contributed by atoms with van der Waals surface area (Å²) in [5.41, 5.74) is 0.890. The van der Waals surface area contributed by atoms with Gasteiger partial charge in [-0.15, -0.1) is 5.10 Å². The zero-order valence-corrected chi connectivity index (χ0v) is 19.4. The molecule has 0 aliphatic carbocycles. The van der Waals surface area contributed by atoms with Gasteiger partial charge in [-0.25, -0.2) is 4.98 Å². The molecule has 0 unspecified atom stereocenters. The van der Waals surface area contributed by atoms with Crippen molar-refractivity contribution in [2.75, 3.05) is 26.2 Å². The van der Waals surface area contributed by atoms with Gasteiger partial charge in [-0.05, 0) is 36.8 Å². The molecule has 4 heterocycles. The molecular weight excluding hydrogens is 473 g/mol. The normalized spacial score (nSPS) is 16.0. The van der Waals surface area contributed by atoms with E-state index >= 15 is 0 Å². The summed E-state index contributed by atoms with van der Waals surface area (Å²) in [6, 6.07) is 8.55. The van der Waals surface area contributed by atoms with Crippen LogP contribution < -0.4 is 0 Å². The summed E-state index contributed by atoms with van der Waals surface area (Å²) in [5.74, 6) is 0.848. The number of amides is 1. The summed E-state index contributed by atoms with van der Waals surface area (Å²) in [4.78, 5) is 22.4. The molecule has 1 aliphatic heterocycles. The number of furan rings is 1. The largest absolute Gasteiger partial charge is 0.492 e. The van der Waals surface area contributed by atoms with E-state index in [2.05, 4.69) is 15.0 Å². The minimum absolute atomic E-state index is 0.0516. The fourth-order valence-electron chi connectivity index (χ4n) is 3.98. The number of carbonyl (C=O) groups is 1. The van der Waals surface area contributed by atoms with Gasteiger partial charge < -0.3 is 14.4 Å². The lowest BCUT2D eigenvalue weighted by Gasteiger charge is -2.39. The third kappa shape index (κ3) is 3.75. The van der Waals surface area contributed by atoms with Gasteiger partial charge in [0.2, 0.25) is 10.8 Å². The molecule has 3 aromatic heterocycles. The number of nitrogens with zero attached hydrogens (tertiary/aromatic N) is 5. The maximum absolute atomic E-state index is 12.7. The van der Waals surface area contributed by atoms with Crippen LogP contribution in [0.1, 0.15) is 32.9 Å². The van der Waals surface area contributed by atoms with Crippen molar-refractivity contribution >= 4 is 45.4 Å². The number of fused-ring (bicyclic) bond motifs is 1. The van der Waals surface area contributed by atoms with Crippen LogP contribution in [0.2, 0.25) is 10.0 Å². The summed E-state index contributed by atoms with van der Waals surface area (Å²) in [6.45, 7) is 4.04. The molecule has 1 fully saturated rings. The molecule has 0 radical (unpaired) electrons. The molecule has 0 spiro atoms. The molecule has 1 atom stereocenters. The van der Waals surface area contributed by atoms with E-state index in [1.165, 1.54) is 22.1 Å². The van der Waals surface area contributed by atoms with Gasteiger partial charge in [0.05, 0.1) is 27.2 Å². The van der Waals surface area contributed by atoms with Gasteiger partial charge >= 0.3 is 0 Å². The van der Waals surface area contributed by atoms with Gasteiger partial charge in [0, 0.05) is 26.2 Å². The van der Waals surface area contributed by atoms with Gasteiger partial charge in [0.1, 0.15) is 5.82 Å². The maximum Gasteiger partial charge on any atom is 0.289 e. The van der Waals surface area contributed by atoms with Crippen LogP contribution in [0.4, 0.5) is 0 Å². The number of piperazine rings is 1. The quantitative estimate of drug-likeness (QED) is 0.459. The van der Waals surface area contributed by atoms with Crippen LogP contribution in [-0.4, -0.2) is 61.6 Å². The van der Waals surface area contributed by atoms with E-state index in [-0.39, 0.29) is 17.8 Å². The highest BCUT2D eigenvalue weighted by atomic mass is 35.5. The lowest BCUT2D eigenvalue weighted by Crippen LogP contribution is -2.49. The zero-order chi connectivity index (χ0) is 22.4. The summed E-state index contributed by atoms with van der Waals surface area (Å²) < 4.78 is 6.71. The summed E-state index contributed by atoms with van der Waals surface area (Å²) in [6.07, 6.45) is 1.50. The Hall–Kier alpha value is -2.59. The number of aromatic nitrogens is 3. The van der Waals surface area contributed by atoms with Gasteiger partial charge in [-0.1, -0.05) is 40.6 Å². The smallest absolute Gasteiger partial charge is 0.289 e. The number of rotatable bonds is 4. The number of carbonyl (C=O) groups excluding carboxylic acids is 1. The second-order valence-electron chi connectivity index (χ2n) is 7.52. The number of aryl methyl sites for hydroxylation is 1. The van der Waals surface area contributed by atoms with E-state index < -0.39 is 0 Å². The van der Waals surface area contributed by atoms with Gasteiger partial charge in [0.15, 0.2) is 5.76 Å². The molecule has 4 aromatic rings. The Labute approximate surface area is 197 Å². The second-order valence-corrected chi connectivity index (χ2v) is 9.35. The Morgan fingerprint density at radius 3 is 2.62 bits per heavy atom. The van der Waals surface area contributed by atoms with E-state index in [1.54, 1.807) is 30.0 Å². The van der Waals surface area contributed by atoms with E-state index in [9.17, 15) is 9.90 Å². The maximum atomic E-state index is 12.7. The number of halogens is 2. The van der Waals surface area contributed by atoms with E-state index in [4.69, 9.17) is 27.6 Å². The summed E-state index contributed by atoms with van der Waals surface area (Å²) in [5, 5.41) is 16.2. The minimum Gasteiger partial charge on any atom is -0.492 e. The molecule has 1 saturated heterocycles. The van der Waals surface area contributed by atoms with Crippen LogP contribution in [0.3, 0.4) is 0 Å². The highest BCUT2D eigenvalue weighted by molar-refractivity contribution is 7.17. The monoisotopic (exact) mass is 491 g/mol. The number of thiazole rings is 1. The van der Waals surface area contributed by atoms with E-state index in [0.717, 1.165) is 5.56 Å². The molecule has 5 rings (SSSR count). The first-order valence-electron chi connectivity index (χ1n) is 9.99. The molecule has 32 heavy (non-hydrogen) atoms. The van der Waals surface area contributed by atoms with Crippen LogP contribution in [-0.2, 0) is 0 Å². The Kier molecular flexibility index (Phi) is 5.58. The molecule has 1 N–H and O–H groups in total. The molecule has 1 amide bonds. The Morgan fingerprint density at radius 1 is 1.19 bits per heavy atom. The third-order valence-electron chi connectivity index (χ3n) is 5.51. The molecule has 0 bridgehead atoms. The summed E-state index contributed by atoms with van der Waals surface area (Å²) in [7, 11) is 0. The van der Waals surface area contributed by atoms with Crippen molar-refractivity contribution in [3.63, 3.8) is 0 Å². The fourth-order valence-corrected chi connectivity index (χ4v) is 5.45. The zero-order valence-electron chi connectivity index (χ0n) is 17.0. The van der Waals surface area contributed by atoms with Crippen molar-refractivity contribution < 1.29 is 14.3 Å². The van der Waals surface area contributed by atoms with Crippen molar-refractivity contribution in [3.05, 3.63) is 68.7 Å². The topological polar surface area (TPSA) is 87.1 Å². The molecule has 1 aromatic carbocycles. The second kappa shape index (κ2) is 8.40. The van der Waals surface area contributed by atoms with E-state index in [0.29, 0.717) is 57.6 Å². The van der Waals surface area contributed by atoms with Crippen molar-refractivity contribution in [2.24, 2.45) is 0 Å². The molecular formula is C21H19Cl2N5O3S. The number of hydrogen-bond donors (Lipinski definition) is 1. The number of hydrogen-bond acceptors (Lipinski definition) is 7. The van der Waals surface area contributed by atoms with Crippen LogP contribution >= 0.6 is 34.5 Å². The lowest BCUT2D eigenvalue weighted by molar-refractivity contribution is 0.0568. The van der Waals surface area contributed by atoms with Gasteiger partial charge in [0.25, 0.3) is 5.91 Å². The Balaban J connectivity index is 1.47. The van der Waals surface area contributed by atoms with Gasteiger partial charge in [-0.3, -0.25) is 9.69 Å². The van der Waals surface area contributed by atoms with Crippen molar-refractivity contribution in [2.45, 2.75) is 13.0 Å². The number of benzene rings is 1. The average molecular weight is 492 g/mol. The predicted molar refractivity (Wildman–Crippen MR) is 122 cm³/mol. The fraction of sp³-hybridized carbons (Fsp3) is 0.286. The standard InChI is InChI=1S/C21H19Cl2N5O3S/c1-12-24-21-28(25-12)20(30)18(32-21)17(13-4-5-14(22)15(23)11-13)26-6-8-27(9-7-26)19(29)16-3-2-10-31-16/h2-5,10-11,17,30H,6-9H2,1H3/t17-/m0/s1. The molecule has 8 nitrogen and oxygen atoms in total. The summed E-state index contributed by atoms with van der Waals surface area (Å²) >= 11 is 13.8. The van der Waals surface area contributed by atoms with Crippen LogP contribution in [0.5, 0.6) is 5.88 Å². The third-order valence-corrected chi connectivity index (χ3v) is 7.32.